The first-order valence-electron chi connectivity index (χ1n) is 13.5. The molecule has 1 aliphatic rings. The molecule has 37 heavy (non-hydrogen) atoms. The summed E-state index contributed by atoms with van der Waals surface area (Å²) < 4.78 is 17.4. The number of hydrogen-bond donors (Lipinski definition) is 0. The standard InChI is InChI=1S/C30H42N2O5/c1-5-31-17-10-6-7-11-18-32(29(33)22-36-26-14-12-13-25(20-26)35-4)24(19-23(2)3)21-37-28-16-9-8-15-27(28)30(31)34/h8-9,12-16,20,23-24H,5-7,10-11,17-19,21-22H2,1-4H3/t24-/m0/s1. The smallest absolute Gasteiger partial charge is 0.260 e. The Bertz CT molecular complexity index is 1010. The highest BCUT2D eigenvalue weighted by atomic mass is 16.5. The van der Waals surface area contributed by atoms with Gasteiger partial charge >= 0.3 is 0 Å². The number of hydrogen-bond acceptors (Lipinski definition) is 5. The summed E-state index contributed by atoms with van der Waals surface area (Å²) in [5.41, 5.74) is 0.573. The van der Waals surface area contributed by atoms with E-state index in [9.17, 15) is 9.59 Å². The van der Waals surface area contributed by atoms with E-state index in [1.807, 2.05) is 59.2 Å². The molecule has 3 rings (SSSR count). The van der Waals surface area contributed by atoms with Crippen LogP contribution in [0.2, 0.25) is 0 Å². The molecule has 0 aliphatic carbocycles. The summed E-state index contributed by atoms with van der Waals surface area (Å²) in [6.45, 7) is 8.62. The molecule has 0 unspecified atom stereocenters. The summed E-state index contributed by atoms with van der Waals surface area (Å²) in [5.74, 6) is 2.15. The number of rotatable bonds is 7. The molecule has 0 bridgehead atoms. The van der Waals surface area contributed by atoms with Gasteiger partial charge in [-0.05, 0) is 56.4 Å². The van der Waals surface area contributed by atoms with E-state index < -0.39 is 0 Å². The molecule has 1 heterocycles. The zero-order chi connectivity index (χ0) is 26.6. The Morgan fingerprint density at radius 1 is 1.03 bits per heavy atom. The molecule has 7 heteroatoms. The number of amides is 2. The minimum atomic E-state index is -0.130. The largest absolute Gasteiger partial charge is 0.497 e. The Balaban J connectivity index is 1.82. The van der Waals surface area contributed by atoms with Crippen molar-refractivity contribution in [3.8, 4) is 17.2 Å². The SMILES string of the molecule is CCN1CCCCCCN(C(=O)COc2cccc(OC)c2)[C@@H](CC(C)C)COc2ccccc2C1=O. The maximum absolute atomic E-state index is 13.5. The van der Waals surface area contributed by atoms with Gasteiger partial charge < -0.3 is 24.0 Å². The zero-order valence-corrected chi connectivity index (χ0v) is 22.8. The molecular weight excluding hydrogens is 468 g/mol. The Labute approximate surface area is 221 Å². The third-order valence-electron chi connectivity index (χ3n) is 6.70. The van der Waals surface area contributed by atoms with Crippen molar-refractivity contribution in [3.05, 3.63) is 54.1 Å². The first kappa shape index (κ1) is 28.4. The molecule has 0 saturated heterocycles. The highest BCUT2D eigenvalue weighted by Gasteiger charge is 2.27. The summed E-state index contributed by atoms with van der Waals surface area (Å²) in [7, 11) is 1.60. The highest BCUT2D eigenvalue weighted by Crippen LogP contribution is 2.24. The maximum atomic E-state index is 13.5. The van der Waals surface area contributed by atoms with E-state index >= 15 is 0 Å². The molecule has 2 amide bonds. The van der Waals surface area contributed by atoms with E-state index in [0.717, 1.165) is 38.6 Å². The second-order valence-corrected chi connectivity index (χ2v) is 9.94. The monoisotopic (exact) mass is 510 g/mol. The predicted octanol–water partition coefficient (Wildman–Crippen LogP) is 5.43. The molecule has 2 aromatic carbocycles. The average Bonchev–Trinajstić information content (AvgIpc) is 2.91. The van der Waals surface area contributed by atoms with Gasteiger partial charge in [0.25, 0.3) is 11.8 Å². The van der Waals surface area contributed by atoms with Crippen LogP contribution in [0.5, 0.6) is 17.2 Å². The van der Waals surface area contributed by atoms with Crippen molar-refractivity contribution >= 4 is 11.8 Å². The van der Waals surface area contributed by atoms with Crippen molar-refractivity contribution in [1.29, 1.82) is 0 Å². The van der Waals surface area contributed by atoms with Gasteiger partial charge in [-0.15, -0.1) is 0 Å². The van der Waals surface area contributed by atoms with Gasteiger partial charge in [0.15, 0.2) is 6.61 Å². The third-order valence-corrected chi connectivity index (χ3v) is 6.70. The van der Waals surface area contributed by atoms with Crippen LogP contribution in [0.15, 0.2) is 48.5 Å². The van der Waals surface area contributed by atoms with Crippen LogP contribution < -0.4 is 14.2 Å². The van der Waals surface area contributed by atoms with Crippen molar-refractivity contribution in [1.82, 2.24) is 9.80 Å². The molecule has 0 radical (unpaired) electrons. The van der Waals surface area contributed by atoms with Crippen molar-refractivity contribution in [2.45, 2.75) is 58.9 Å². The van der Waals surface area contributed by atoms with Gasteiger partial charge in [0.2, 0.25) is 0 Å². The Morgan fingerprint density at radius 3 is 2.49 bits per heavy atom. The normalized spacial score (nSPS) is 17.5. The highest BCUT2D eigenvalue weighted by molar-refractivity contribution is 5.96. The van der Waals surface area contributed by atoms with Gasteiger partial charge in [0.05, 0.1) is 18.7 Å². The van der Waals surface area contributed by atoms with Gasteiger partial charge in [0, 0.05) is 25.7 Å². The van der Waals surface area contributed by atoms with Crippen LogP contribution in [0, 0.1) is 5.92 Å². The van der Waals surface area contributed by atoms with Gasteiger partial charge in [-0.3, -0.25) is 9.59 Å². The predicted molar refractivity (Wildman–Crippen MR) is 145 cm³/mol. The van der Waals surface area contributed by atoms with Crippen LogP contribution in [0.3, 0.4) is 0 Å². The Kier molecular flexibility index (Phi) is 11.1. The number of carbonyl (C=O) groups excluding carboxylic acids is 2. The van der Waals surface area contributed by atoms with Crippen LogP contribution >= 0.6 is 0 Å². The van der Waals surface area contributed by atoms with E-state index in [1.54, 1.807) is 13.2 Å². The van der Waals surface area contributed by atoms with Crippen LogP contribution in [0.4, 0.5) is 0 Å². The first-order chi connectivity index (χ1) is 17.9. The molecule has 1 atom stereocenters. The van der Waals surface area contributed by atoms with E-state index in [0.29, 0.717) is 48.4 Å². The number of benzene rings is 2. The number of fused-ring (bicyclic) bond motifs is 1. The fraction of sp³-hybridized carbons (Fsp3) is 0.533. The average molecular weight is 511 g/mol. The van der Waals surface area contributed by atoms with Gasteiger partial charge in [-0.2, -0.15) is 0 Å². The van der Waals surface area contributed by atoms with E-state index in [-0.39, 0.29) is 24.5 Å². The lowest BCUT2D eigenvalue weighted by Gasteiger charge is -2.33. The number of ether oxygens (including phenoxy) is 3. The minimum Gasteiger partial charge on any atom is -0.497 e. The molecule has 1 aliphatic heterocycles. The summed E-state index contributed by atoms with van der Waals surface area (Å²) in [6, 6.07) is 14.6. The lowest BCUT2D eigenvalue weighted by atomic mass is 10.0. The summed E-state index contributed by atoms with van der Waals surface area (Å²) in [4.78, 5) is 30.6. The first-order valence-corrected chi connectivity index (χ1v) is 13.5. The van der Waals surface area contributed by atoms with Crippen LogP contribution in [0.1, 0.15) is 63.2 Å². The quantitative estimate of drug-likeness (QED) is 0.497. The number of methoxy groups -OCH3 is 1. The minimum absolute atomic E-state index is 0.00445. The maximum Gasteiger partial charge on any atom is 0.260 e. The molecule has 0 saturated carbocycles. The van der Waals surface area contributed by atoms with Crippen molar-refractivity contribution in [2.24, 2.45) is 5.92 Å². The van der Waals surface area contributed by atoms with Gasteiger partial charge in [-0.25, -0.2) is 0 Å². The summed E-state index contributed by atoms with van der Waals surface area (Å²) in [5, 5.41) is 0. The van der Waals surface area contributed by atoms with Gasteiger partial charge in [0.1, 0.15) is 23.9 Å². The Hall–Kier alpha value is -3.22. The zero-order valence-electron chi connectivity index (χ0n) is 22.8. The Morgan fingerprint density at radius 2 is 1.76 bits per heavy atom. The molecular formula is C30H42N2O5. The summed E-state index contributed by atoms with van der Waals surface area (Å²) >= 11 is 0. The molecule has 0 aromatic heterocycles. The molecule has 0 N–H and O–H groups in total. The topological polar surface area (TPSA) is 68.3 Å². The summed E-state index contributed by atoms with van der Waals surface area (Å²) in [6.07, 6.45) is 4.64. The second kappa shape index (κ2) is 14.5. The lowest BCUT2D eigenvalue weighted by molar-refractivity contribution is -0.137. The van der Waals surface area contributed by atoms with Crippen molar-refractivity contribution in [3.63, 3.8) is 0 Å². The molecule has 7 nitrogen and oxygen atoms in total. The van der Waals surface area contributed by atoms with E-state index in [4.69, 9.17) is 14.2 Å². The lowest BCUT2D eigenvalue weighted by Crippen LogP contribution is -2.47. The van der Waals surface area contributed by atoms with Crippen molar-refractivity contribution in [2.75, 3.05) is 40.0 Å². The van der Waals surface area contributed by atoms with Crippen LogP contribution in [-0.4, -0.2) is 67.6 Å². The number of para-hydroxylation sites is 1. The van der Waals surface area contributed by atoms with Gasteiger partial charge in [-0.1, -0.05) is 44.9 Å². The fourth-order valence-corrected chi connectivity index (χ4v) is 4.73. The van der Waals surface area contributed by atoms with E-state index in [2.05, 4.69) is 13.8 Å². The van der Waals surface area contributed by atoms with E-state index in [1.165, 1.54) is 0 Å². The third kappa shape index (κ3) is 8.41. The van der Waals surface area contributed by atoms with Crippen molar-refractivity contribution < 1.29 is 23.8 Å². The molecule has 0 spiro atoms. The fourth-order valence-electron chi connectivity index (χ4n) is 4.73. The molecule has 202 valence electrons. The molecule has 0 fully saturated rings. The number of nitrogens with zero attached hydrogens (tertiary/aromatic N) is 2. The van der Waals surface area contributed by atoms with Crippen LogP contribution in [0.25, 0.3) is 0 Å². The number of carbonyl (C=O) groups is 2. The van der Waals surface area contributed by atoms with Crippen LogP contribution in [-0.2, 0) is 4.79 Å². The second-order valence-electron chi connectivity index (χ2n) is 9.94. The molecule has 2 aromatic rings.